The lowest BCUT2D eigenvalue weighted by molar-refractivity contribution is -0.138. The molecule has 2 N–H and O–H groups in total. The third-order valence-corrected chi connectivity index (χ3v) is 3.86. The number of benzene rings is 1. The maximum Gasteiger partial charge on any atom is 0.321 e. The maximum absolute atomic E-state index is 11.1. The molecule has 0 aliphatic heterocycles. The lowest BCUT2D eigenvalue weighted by Gasteiger charge is -2.13. The molecule has 0 saturated heterocycles. The van der Waals surface area contributed by atoms with Crippen LogP contribution in [-0.2, 0) is 4.79 Å². The van der Waals surface area contributed by atoms with Gasteiger partial charge in [0.25, 0.3) is 0 Å². The Kier molecular flexibility index (Phi) is 4.49. The van der Waals surface area contributed by atoms with Crippen LogP contribution in [0.3, 0.4) is 0 Å². The summed E-state index contributed by atoms with van der Waals surface area (Å²) in [5.74, 6) is 0.540. The van der Waals surface area contributed by atoms with Crippen LogP contribution in [0.2, 0.25) is 0 Å². The van der Waals surface area contributed by atoms with Crippen molar-refractivity contribution in [3.8, 4) is 5.75 Å². The maximum atomic E-state index is 11.1. The van der Waals surface area contributed by atoms with Gasteiger partial charge < -0.3 is 15.2 Å². The molecule has 4 nitrogen and oxygen atoms in total. The highest BCUT2D eigenvalue weighted by molar-refractivity contribution is 7.99. The quantitative estimate of drug-likeness (QED) is 0.740. The average Bonchev–Trinajstić information content (AvgIpc) is 3.18. The highest BCUT2D eigenvalue weighted by atomic mass is 32.2. The number of methoxy groups -OCH3 is 1. The van der Waals surface area contributed by atoms with Gasteiger partial charge in [0.2, 0.25) is 0 Å². The fraction of sp³-hybridized carbons (Fsp3) is 0.462. The van der Waals surface area contributed by atoms with Gasteiger partial charge in [0.05, 0.1) is 7.11 Å². The van der Waals surface area contributed by atoms with Gasteiger partial charge in [-0.15, -0.1) is 11.8 Å². The summed E-state index contributed by atoms with van der Waals surface area (Å²) in [5.41, 5.74) is 0. The molecule has 0 aromatic heterocycles. The van der Waals surface area contributed by atoms with Crippen LogP contribution in [0.15, 0.2) is 29.2 Å². The van der Waals surface area contributed by atoms with Crippen LogP contribution in [0, 0.1) is 0 Å². The van der Waals surface area contributed by atoms with Crippen molar-refractivity contribution in [2.24, 2.45) is 0 Å². The fourth-order valence-corrected chi connectivity index (χ4v) is 2.57. The molecule has 0 spiro atoms. The van der Waals surface area contributed by atoms with Crippen LogP contribution in [0.25, 0.3) is 0 Å². The van der Waals surface area contributed by atoms with Gasteiger partial charge >= 0.3 is 5.97 Å². The minimum absolute atomic E-state index is 0.400. The Hall–Kier alpha value is -1.20. The minimum Gasteiger partial charge on any atom is -0.497 e. The first-order chi connectivity index (χ1) is 8.69. The second-order valence-electron chi connectivity index (χ2n) is 4.32. The molecule has 1 unspecified atom stereocenters. The number of carboxylic acid groups (broad SMARTS) is 1. The van der Waals surface area contributed by atoms with Crippen molar-refractivity contribution in [2.75, 3.05) is 12.9 Å². The molecular formula is C13H17NO3S. The number of carboxylic acids is 1. The van der Waals surface area contributed by atoms with E-state index in [1.54, 1.807) is 7.11 Å². The highest BCUT2D eigenvalue weighted by Gasteiger charge is 2.28. The van der Waals surface area contributed by atoms with E-state index in [0.29, 0.717) is 11.8 Å². The summed E-state index contributed by atoms with van der Waals surface area (Å²) < 4.78 is 5.14. The third-order valence-electron chi connectivity index (χ3n) is 2.77. The monoisotopic (exact) mass is 267 g/mol. The standard InChI is InChI=1S/C13H17NO3S/c1-17-10-3-2-4-11(7-10)18-8-12(13(15)16)14-9-5-6-9/h2-4,7,9,12,14H,5-6,8H2,1H3,(H,15,16). The predicted octanol–water partition coefficient (Wildman–Crippen LogP) is 1.99. The van der Waals surface area contributed by atoms with Crippen molar-refractivity contribution >= 4 is 17.7 Å². The first kappa shape index (κ1) is 13.2. The molecule has 18 heavy (non-hydrogen) atoms. The van der Waals surface area contributed by atoms with Crippen LogP contribution in [-0.4, -0.2) is 36.0 Å². The lowest BCUT2D eigenvalue weighted by Crippen LogP contribution is -2.40. The summed E-state index contributed by atoms with van der Waals surface area (Å²) in [7, 11) is 1.62. The highest BCUT2D eigenvalue weighted by Crippen LogP contribution is 2.25. The number of rotatable bonds is 7. The van der Waals surface area contributed by atoms with Crippen molar-refractivity contribution in [2.45, 2.75) is 29.8 Å². The largest absolute Gasteiger partial charge is 0.497 e. The number of hydrogen-bond donors (Lipinski definition) is 2. The molecule has 0 heterocycles. The van der Waals surface area contributed by atoms with Gasteiger partial charge in [-0.05, 0) is 31.0 Å². The van der Waals surface area contributed by atoms with Crippen LogP contribution >= 0.6 is 11.8 Å². The van der Waals surface area contributed by atoms with Crippen LogP contribution in [0.5, 0.6) is 5.75 Å². The van der Waals surface area contributed by atoms with Gasteiger partial charge in [-0.1, -0.05) is 6.07 Å². The smallest absolute Gasteiger partial charge is 0.321 e. The van der Waals surface area contributed by atoms with E-state index in [0.717, 1.165) is 23.5 Å². The van der Waals surface area contributed by atoms with E-state index in [9.17, 15) is 4.79 Å². The van der Waals surface area contributed by atoms with E-state index >= 15 is 0 Å². The number of hydrogen-bond acceptors (Lipinski definition) is 4. The van der Waals surface area contributed by atoms with Crippen molar-refractivity contribution in [1.82, 2.24) is 5.32 Å². The number of thioether (sulfide) groups is 1. The topological polar surface area (TPSA) is 58.6 Å². The second kappa shape index (κ2) is 6.11. The molecule has 1 aromatic rings. The number of nitrogens with one attached hydrogen (secondary N) is 1. The molecule has 1 aliphatic rings. The molecule has 0 amide bonds. The second-order valence-corrected chi connectivity index (χ2v) is 5.42. The summed E-state index contributed by atoms with van der Waals surface area (Å²) in [6.45, 7) is 0. The minimum atomic E-state index is -0.780. The van der Waals surface area contributed by atoms with Crippen LogP contribution in [0.4, 0.5) is 0 Å². The zero-order chi connectivity index (χ0) is 13.0. The molecule has 1 saturated carbocycles. The molecule has 5 heteroatoms. The first-order valence-electron chi connectivity index (χ1n) is 5.95. The Morgan fingerprint density at radius 3 is 3.00 bits per heavy atom. The van der Waals surface area contributed by atoms with E-state index in [-0.39, 0.29) is 0 Å². The van der Waals surface area contributed by atoms with Gasteiger partial charge in [0.1, 0.15) is 11.8 Å². The van der Waals surface area contributed by atoms with E-state index < -0.39 is 12.0 Å². The Balaban J connectivity index is 1.88. The van der Waals surface area contributed by atoms with Gasteiger partial charge in [-0.25, -0.2) is 0 Å². The molecule has 98 valence electrons. The first-order valence-corrected chi connectivity index (χ1v) is 6.93. The predicted molar refractivity (Wildman–Crippen MR) is 71.3 cm³/mol. The lowest BCUT2D eigenvalue weighted by atomic mass is 10.3. The van der Waals surface area contributed by atoms with E-state index in [1.165, 1.54) is 11.8 Å². The third kappa shape index (κ3) is 3.92. The molecule has 1 fully saturated rings. The van der Waals surface area contributed by atoms with Gasteiger partial charge in [0, 0.05) is 16.7 Å². The Morgan fingerprint density at radius 2 is 2.39 bits per heavy atom. The number of aliphatic carboxylic acids is 1. The summed E-state index contributed by atoms with van der Waals surface area (Å²) in [5, 5.41) is 12.3. The summed E-state index contributed by atoms with van der Waals surface area (Å²) in [4.78, 5) is 12.1. The van der Waals surface area contributed by atoms with Gasteiger partial charge in [-0.2, -0.15) is 0 Å². The Morgan fingerprint density at radius 1 is 1.61 bits per heavy atom. The average molecular weight is 267 g/mol. The summed E-state index contributed by atoms with van der Waals surface area (Å²) in [6, 6.07) is 7.59. The fourth-order valence-electron chi connectivity index (χ4n) is 1.60. The molecule has 0 bridgehead atoms. The molecule has 0 radical (unpaired) electrons. The summed E-state index contributed by atoms with van der Waals surface area (Å²) in [6.07, 6.45) is 2.18. The Labute approximate surface area is 111 Å². The molecular weight excluding hydrogens is 250 g/mol. The Bertz CT molecular complexity index is 420. The van der Waals surface area contributed by atoms with Gasteiger partial charge in [-0.3, -0.25) is 4.79 Å². The van der Waals surface area contributed by atoms with Crippen LogP contribution in [0.1, 0.15) is 12.8 Å². The molecule has 1 atom stereocenters. The summed E-state index contributed by atoms with van der Waals surface area (Å²) >= 11 is 1.53. The van der Waals surface area contributed by atoms with Gasteiger partial charge in [0.15, 0.2) is 0 Å². The SMILES string of the molecule is COc1cccc(SCC(NC2CC2)C(=O)O)c1. The number of ether oxygens (including phenoxy) is 1. The van der Waals surface area contributed by atoms with Crippen LogP contribution < -0.4 is 10.1 Å². The van der Waals surface area contributed by atoms with Crippen molar-refractivity contribution < 1.29 is 14.6 Å². The van der Waals surface area contributed by atoms with E-state index in [4.69, 9.17) is 9.84 Å². The van der Waals surface area contributed by atoms with E-state index in [1.807, 2.05) is 24.3 Å². The van der Waals surface area contributed by atoms with Crippen molar-refractivity contribution in [1.29, 1.82) is 0 Å². The zero-order valence-corrected chi connectivity index (χ0v) is 11.1. The molecule has 2 rings (SSSR count). The zero-order valence-electron chi connectivity index (χ0n) is 10.3. The molecule has 1 aliphatic carbocycles. The number of carbonyl (C=O) groups is 1. The van der Waals surface area contributed by atoms with Crippen molar-refractivity contribution in [3.63, 3.8) is 0 Å². The normalized spacial score (nSPS) is 16.3. The van der Waals surface area contributed by atoms with E-state index in [2.05, 4.69) is 5.32 Å². The van der Waals surface area contributed by atoms with Crippen molar-refractivity contribution in [3.05, 3.63) is 24.3 Å². The molecule has 1 aromatic carbocycles.